The first kappa shape index (κ1) is 16.4. The predicted molar refractivity (Wildman–Crippen MR) is 86.1 cm³/mol. The normalized spacial score (nSPS) is 11.8. The number of thiocarbonyl (C=S) groups is 1. The van der Waals surface area contributed by atoms with E-state index >= 15 is 0 Å². The highest BCUT2D eigenvalue weighted by Gasteiger charge is 2.24. The number of hydrogen-bond donors (Lipinski definition) is 1. The Hall–Kier alpha value is -1.62. The molecule has 1 atom stereocenters. The molecule has 0 spiro atoms. The van der Waals surface area contributed by atoms with Crippen molar-refractivity contribution in [3.8, 4) is 0 Å². The van der Waals surface area contributed by atoms with Crippen LogP contribution < -0.4 is 10.6 Å². The third-order valence-corrected chi connectivity index (χ3v) is 3.36. The number of carbonyl (C=O) groups excluding carboxylic acids is 1. The summed E-state index contributed by atoms with van der Waals surface area (Å²) in [6.07, 6.45) is 1.65. The lowest BCUT2D eigenvalue weighted by molar-refractivity contribution is -0.144. The van der Waals surface area contributed by atoms with E-state index in [9.17, 15) is 4.79 Å². The van der Waals surface area contributed by atoms with Crippen molar-refractivity contribution in [3.63, 3.8) is 0 Å². The molecule has 1 aromatic carbocycles. The third kappa shape index (κ3) is 4.20. The van der Waals surface area contributed by atoms with Crippen molar-refractivity contribution in [1.29, 1.82) is 0 Å². The number of carbonyl (C=O) groups is 1. The van der Waals surface area contributed by atoms with Crippen molar-refractivity contribution in [2.75, 3.05) is 18.6 Å². The molecule has 1 unspecified atom stereocenters. The van der Waals surface area contributed by atoms with Crippen LogP contribution in [-0.4, -0.2) is 30.7 Å². The number of anilines is 1. The first-order valence-electron chi connectivity index (χ1n) is 6.80. The molecule has 0 radical (unpaired) electrons. The number of esters is 1. The van der Waals surface area contributed by atoms with Crippen LogP contribution in [0.3, 0.4) is 0 Å². The highest BCUT2D eigenvalue weighted by molar-refractivity contribution is 7.80. The lowest BCUT2D eigenvalue weighted by Gasteiger charge is -2.28. The number of ether oxygens (including phenoxy) is 1. The van der Waals surface area contributed by atoms with Gasteiger partial charge >= 0.3 is 5.97 Å². The van der Waals surface area contributed by atoms with Crippen molar-refractivity contribution in [2.24, 2.45) is 5.73 Å². The minimum atomic E-state index is -0.290. The van der Waals surface area contributed by atoms with E-state index in [4.69, 9.17) is 22.7 Å². The van der Waals surface area contributed by atoms with Crippen molar-refractivity contribution in [2.45, 2.75) is 32.7 Å². The molecule has 2 N–H and O–H groups in total. The predicted octanol–water partition coefficient (Wildman–Crippen LogP) is 2.49. The Morgan fingerprint density at radius 2 is 2.15 bits per heavy atom. The number of nitrogens with two attached hydrogens (primary N) is 1. The van der Waals surface area contributed by atoms with Gasteiger partial charge in [0.2, 0.25) is 0 Å². The molecular formula is C15H22N2O2S. The maximum absolute atomic E-state index is 12.1. The van der Waals surface area contributed by atoms with Crippen molar-refractivity contribution in [1.82, 2.24) is 0 Å². The van der Waals surface area contributed by atoms with E-state index in [0.29, 0.717) is 11.6 Å². The number of rotatable bonds is 7. The Labute approximate surface area is 125 Å². The van der Waals surface area contributed by atoms with Gasteiger partial charge < -0.3 is 15.4 Å². The van der Waals surface area contributed by atoms with Crippen LogP contribution >= 0.6 is 12.2 Å². The van der Waals surface area contributed by atoms with Gasteiger partial charge in [-0.2, -0.15) is 0 Å². The molecule has 0 aliphatic carbocycles. The van der Waals surface area contributed by atoms with Crippen molar-refractivity contribution < 1.29 is 9.53 Å². The summed E-state index contributed by atoms with van der Waals surface area (Å²) in [7, 11) is 1.88. The summed E-state index contributed by atoms with van der Waals surface area (Å²) in [5.41, 5.74) is 7.35. The van der Waals surface area contributed by atoms with Crippen LogP contribution in [0.2, 0.25) is 0 Å². The van der Waals surface area contributed by atoms with E-state index in [1.54, 1.807) is 0 Å². The summed E-state index contributed by atoms with van der Waals surface area (Å²) >= 11 is 4.99. The van der Waals surface area contributed by atoms with Gasteiger partial charge in [-0.05, 0) is 25.5 Å². The second kappa shape index (κ2) is 7.85. The Morgan fingerprint density at radius 1 is 1.45 bits per heavy atom. The fraction of sp³-hybridized carbons (Fsp3) is 0.467. The standard InChI is InChI=1S/C15H22N2O2S/c1-4-7-13(15(18)19-5-2)17(3)12-9-6-8-11(10-12)14(16)20/h6,8-10,13H,4-5,7H2,1-3H3,(H2,16,20). The molecule has 1 aromatic rings. The number of nitrogens with zero attached hydrogens (tertiary/aromatic N) is 1. The van der Waals surface area contributed by atoms with Gasteiger partial charge in [0.15, 0.2) is 0 Å². The van der Waals surface area contributed by atoms with E-state index < -0.39 is 0 Å². The van der Waals surface area contributed by atoms with Crippen LogP contribution in [0.1, 0.15) is 32.3 Å². The maximum atomic E-state index is 12.1. The number of likely N-dealkylation sites (N-methyl/N-ethyl adjacent to an activating group) is 1. The summed E-state index contributed by atoms with van der Waals surface area (Å²) in [5.74, 6) is -0.197. The van der Waals surface area contributed by atoms with Gasteiger partial charge in [0.05, 0.1) is 6.61 Å². The molecular weight excluding hydrogens is 272 g/mol. The molecule has 5 heteroatoms. The Kier molecular flexibility index (Phi) is 6.45. The smallest absolute Gasteiger partial charge is 0.328 e. The van der Waals surface area contributed by atoms with Gasteiger partial charge in [-0.3, -0.25) is 0 Å². The molecule has 0 aliphatic heterocycles. The molecule has 0 aromatic heterocycles. The topological polar surface area (TPSA) is 55.6 Å². The van der Waals surface area contributed by atoms with Gasteiger partial charge in [-0.25, -0.2) is 4.79 Å². The van der Waals surface area contributed by atoms with Crippen molar-refractivity contribution >= 4 is 28.9 Å². The second-order valence-electron chi connectivity index (χ2n) is 4.58. The average molecular weight is 294 g/mol. The molecule has 1 rings (SSSR count). The summed E-state index contributed by atoms with van der Waals surface area (Å²) < 4.78 is 5.15. The minimum Gasteiger partial charge on any atom is -0.464 e. The van der Waals surface area contributed by atoms with Gasteiger partial charge in [-0.15, -0.1) is 0 Å². The SMILES string of the molecule is CCCC(C(=O)OCC)N(C)c1cccc(C(N)=S)c1. The maximum Gasteiger partial charge on any atom is 0.328 e. The minimum absolute atomic E-state index is 0.197. The van der Waals surface area contributed by atoms with Crippen LogP contribution in [0.25, 0.3) is 0 Å². The quantitative estimate of drug-likeness (QED) is 0.618. The molecule has 0 amide bonds. The highest BCUT2D eigenvalue weighted by Crippen LogP contribution is 2.20. The fourth-order valence-electron chi connectivity index (χ4n) is 2.04. The van der Waals surface area contributed by atoms with Crippen LogP contribution in [0.15, 0.2) is 24.3 Å². The van der Waals surface area contributed by atoms with Crippen molar-refractivity contribution in [3.05, 3.63) is 29.8 Å². The summed E-state index contributed by atoms with van der Waals surface area (Å²) in [6, 6.07) is 7.28. The van der Waals surface area contributed by atoms with E-state index in [0.717, 1.165) is 24.1 Å². The van der Waals surface area contributed by atoms with Crippen LogP contribution in [0.4, 0.5) is 5.69 Å². The first-order chi connectivity index (χ1) is 9.51. The summed E-state index contributed by atoms with van der Waals surface area (Å²) in [4.78, 5) is 14.3. The molecule has 0 heterocycles. The average Bonchev–Trinajstić information content (AvgIpc) is 2.44. The van der Waals surface area contributed by atoms with Crippen LogP contribution in [0.5, 0.6) is 0 Å². The van der Waals surface area contributed by atoms with E-state index in [2.05, 4.69) is 0 Å². The molecule has 0 saturated heterocycles. The number of benzene rings is 1. The zero-order chi connectivity index (χ0) is 15.1. The van der Waals surface area contributed by atoms with Crippen LogP contribution in [0, 0.1) is 0 Å². The van der Waals surface area contributed by atoms with Gasteiger partial charge in [0, 0.05) is 18.3 Å². The lowest BCUT2D eigenvalue weighted by atomic mass is 10.1. The fourth-order valence-corrected chi connectivity index (χ4v) is 2.17. The first-order valence-corrected chi connectivity index (χ1v) is 7.21. The largest absolute Gasteiger partial charge is 0.464 e. The zero-order valence-electron chi connectivity index (χ0n) is 12.3. The van der Waals surface area contributed by atoms with Gasteiger partial charge in [-0.1, -0.05) is 37.7 Å². The lowest BCUT2D eigenvalue weighted by Crippen LogP contribution is -2.39. The zero-order valence-corrected chi connectivity index (χ0v) is 13.1. The van der Waals surface area contributed by atoms with Crippen LogP contribution in [-0.2, 0) is 9.53 Å². The monoisotopic (exact) mass is 294 g/mol. The summed E-state index contributed by atoms with van der Waals surface area (Å²) in [5, 5.41) is 0. The highest BCUT2D eigenvalue weighted by atomic mass is 32.1. The van der Waals surface area contributed by atoms with E-state index in [1.807, 2.05) is 50.1 Å². The molecule has 0 aliphatic rings. The molecule has 0 saturated carbocycles. The van der Waals surface area contributed by atoms with E-state index in [1.165, 1.54) is 0 Å². The molecule has 20 heavy (non-hydrogen) atoms. The molecule has 4 nitrogen and oxygen atoms in total. The molecule has 0 fully saturated rings. The third-order valence-electron chi connectivity index (χ3n) is 3.13. The molecule has 110 valence electrons. The Balaban J connectivity index is 2.99. The number of hydrogen-bond acceptors (Lipinski definition) is 4. The van der Waals surface area contributed by atoms with E-state index in [-0.39, 0.29) is 12.0 Å². The van der Waals surface area contributed by atoms with Gasteiger partial charge in [0.1, 0.15) is 11.0 Å². The summed E-state index contributed by atoms with van der Waals surface area (Å²) in [6.45, 7) is 4.25. The molecule has 0 bridgehead atoms. The second-order valence-corrected chi connectivity index (χ2v) is 5.02. The van der Waals surface area contributed by atoms with Gasteiger partial charge in [0.25, 0.3) is 0 Å². The Morgan fingerprint density at radius 3 is 2.70 bits per heavy atom. The Bertz CT molecular complexity index is 477.